The molecule has 1 aromatic heterocycles. The van der Waals surface area contributed by atoms with Crippen LogP contribution in [0.4, 0.5) is 5.69 Å². The largest absolute Gasteiger partial charge is 0.333 e. The van der Waals surface area contributed by atoms with E-state index in [-0.39, 0.29) is 37.2 Å². The van der Waals surface area contributed by atoms with E-state index in [4.69, 9.17) is 0 Å². The minimum absolute atomic E-state index is 0.0232. The van der Waals surface area contributed by atoms with Crippen molar-refractivity contribution in [1.29, 1.82) is 0 Å². The van der Waals surface area contributed by atoms with Crippen LogP contribution in [0.2, 0.25) is 0 Å². The van der Waals surface area contributed by atoms with Gasteiger partial charge < -0.3 is 9.80 Å². The van der Waals surface area contributed by atoms with E-state index in [2.05, 4.69) is 21.8 Å². The molecule has 42 heavy (non-hydrogen) atoms. The number of rotatable bonds is 8. The molecule has 0 N–H and O–H groups in total. The maximum Gasteiger partial charge on any atom is 0.250 e. The molecule has 0 radical (unpaired) electrons. The first-order chi connectivity index (χ1) is 20.3. The third-order valence-corrected chi connectivity index (χ3v) is 9.61. The van der Waals surface area contributed by atoms with Crippen LogP contribution in [0.5, 0.6) is 0 Å². The summed E-state index contributed by atoms with van der Waals surface area (Å²) in [6, 6.07) is 16.2. The topological polar surface area (TPSA) is 119 Å². The van der Waals surface area contributed by atoms with Crippen LogP contribution in [0.3, 0.4) is 0 Å². The Labute approximate surface area is 244 Å². The van der Waals surface area contributed by atoms with Crippen molar-refractivity contribution in [3.63, 3.8) is 0 Å². The number of hydrogen-bond acceptors (Lipinski definition) is 8. The van der Waals surface area contributed by atoms with Crippen LogP contribution < -0.4 is 0 Å². The molecule has 2 saturated heterocycles. The predicted octanol–water partition coefficient (Wildman–Crippen LogP) is 3.55. The molecule has 2 aromatic carbocycles. The number of nitrogens with zero attached hydrogens (tertiary/aromatic N) is 7. The van der Waals surface area contributed by atoms with E-state index >= 15 is 0 Å². The fraction of sp³-hybridized carbons (Fsp3) is 0.300. The second kappa shape index (κ2) is 11.2. The zero-order valence-electron chi connectivity index (χ0n) is 23.2. The van der Waals surface area contributed by atoms with Crippen molar-refractivity contribution in [2.45, 2.75) is 44.0 Å². The number of amides is 2. The van der Waals surface area contributed by atoms with E-state index in [1.165, 1.54) is 14.3 Å². The molecule has 12 heteroatoms. The molecule has 0 saturated carbocycles. The van der Waals surface area contributed by atoms with Gasteiger partial charge in [0, 0.05) is 31.0 Å². The Morgan fingerprint density at radius 3 is 2.50 bits per heavy atom. The Bertz CT molecular complexity index is 1650. The number of piperazine rings is 1. The molecule has 1 unspecified atom stereocenters. The van der Waals surface area contributed by atoms with Gasteiger partial charge >= 0.3 is 0 Å². The summed E-state index contributed by atoms with van der Waals surface area (Å²) in [5.41, 5.74) is 3.69. The monoisotopic (exact) mass is 585 g/mol. The van der Waals surface area contributed by atoms with Gasteiger partial charge in [-0.1, -0.05) is 54.6 Å². The van der Waals surface area contributed by atoms with Gasteiger partial charge in [0.2, 0.25) is 15.9 Å². The van der Waals surface area contributed by atoms with E-state index in [0.29, 0.717) is 17.7 Å². The normalized spacial score (nSPS) is 22.7. The Morgan fingerprint density at radius 2 is 1.76 bits per heavy atom. The lowest BCUT2D eigenvalue weighted by Gasteiger charge is -2.56. The first-order valence-corrected chi connectivity index (χ1v) is 15.3. The van der Waals surface area contributed by atoms with Gasteiger partial charge in [0.1, 0.15) is 18.2 Å². The molecule has 6 rings (SSSR count). The Hall–Kier alpha value is -4.26. The van der Waals surface area contributed by atoms with E-state index in [0.717, 1.165) is 16.8 Å². The van der Waals surface area contributed by atoms with Gasteiger partial charge in [-0.25, -0.2) is 13.4 Å². The second-order valence-electron chi connectivity index (χ2n) is 10.6. The predicted molar refractivity (Wildman–Crippen MR) is 155 cm³/mol. The molecule has 2 fully saturated rings. The molecule has 2 amide bonds. The zero-order valence-corrected chi connectivity index (χ0v) is 24.0. The summed E-state index contributed by atoms with van der Waals surface area (Å²) in [5, 5.41) is 9.98. The Balaban J connectivity index is 1.47. The standard InChI is InChI=1S/C30H31N7O4S/c1-3-16-35-21(2)29(38)36-26(37(35)42(40,41)20-22-12-14-31-15-13-22)19-34(30(39)28(36)23-8-5-4-6-9-23)18-25-11-7-10-24-17-32-33-27(24)25/h3-15,21,26,28H,1,16-20H2,2H3/t21?,26-,28-/m0/s1. The number of aromatic nitrogens is 1. The molecule has 0 bridgehead atoms. The van der Waals surface area contributed by atoms with Gasteiger partial charge in [-0.3, -0.25) is 14.6 Å². The molecule has 11 nitrogen and oxygen atoms in total. The van der Waals surface area contributed by atoms with Crippen molar-refractivity contribution < 1.29 is 18.0 Å². The molecule has 216 valence electrons. The van der Waals surface area contributed by atoms with Crippen molar-refractivity contribution in [3.05, 3.63) is 108 Å². The minimum atomic E-state index is -4.05. The molecule has 3 atom stereocenters. The highest BCUT2D eigenvalue weighted by molar-refractivity contribution is 7.88. The van der Waals surface area contributed by atoms with Crippen LogP contribution in [0.1, 0.15) is 35.2 Å². The fourth-order valence-electron chi connectivity index (χ4n) is 5.94. The lowest BCUT2D eigenvalue weighted by atomic mass is 9.97. The summed E-state index contributed by atoms with van der Waals surface area (Å²) in [6.07, 6.45) is 3.68. The van der Waals surface area contributed by atoms with Crippen LogP contribution in [0, 0.1) is 0 Å². The summed E-state index contributed by atoms with van der Waals surface area (Å²) in [7, 11) is -4.05. The number of hydrazine groups is 1. The molecule has 0 aliphatic carbocycles. The number of sulfonamides is 1. The summed E-state index contributed by atoms with van der Waals surface area (Å²) < 4.78 is 29.8. The van der Waals surface area contributed by atoms with Gasteiger partial charge in [-0.15, -0.1) is 11.0 Å². The van der Waals surface area contributed by atoms with Crippen molar-refractivity contribution in [3.8, 4) is 0 Å². The van der Waals surface area contributed by atoms with Crippen molar-refractivity contribution in [2.24, 2.45) is 10.2 Å². The first-order valence-electron chi connectivity index (χ1n) is 13.7. The van der Waals surface area contributed by atoms with Crippen molar-refractivity contribution >= 4 is 27.5 Å². The molecular formula is C30H31N7O4S. The smallest absolute Gasteiger partial charge is 0.250 e. The third-order valence-electron chi connectivity index (χ3n) is 7.89. The Morgan fingerprint density at radius 1 is 1.00 bits per heavy atom. The first kappa shape index (κ1) is 27.9. The van der Waals surface area contributed by atoms with E-state index in [9.17, 15) is 18.0 Å². The van der Waals surface area contributed by atoms with Crippen LogP contribution in [-0.2, 0) is 38.5 Å². The number of fused-ring (bicyclic) bond motifs is 2. The van der Waals surface area contributed by atoms with E-state index in [1.54, 1.807) is 66.7 Å². The number of azo groups is 1. The van der Waals surface area contributed by atoms with Gasteiger partial charge in [-0.2, -0.15) is 10.2 Å². The van der Waals surface area contributed by atoms with Crippen LogP contribution in [0.25, 0.3) is 0 Å². The quantitative estimate of drug-likeness (QED) is 0.373. The summed E-state index contributed by atoms with van der Waals surface area (Å²) in [4.78, 5) is 35.4. The fourth-order valence-corrected chi connectivity index (χ4v) is 7.76. The van der Waals surface area contributed by atoms with Crippen LogP contribution >= 0.6 is 0 Å². The molecule has 3 aliphatic rings. The van der Waals surface area contributed by atoms with E-state index < -0.39 is 28.3 Å². The third kappa shape index (κ3) is 4.91. The van der Waals surface area contributed by atoms with Gasteiger partial charge in [0.15, 0.2) is 0 Å². The zero-order chi connectivity index (χ0) is 29.4. The molecule has 4 heterocycles. The second-order valence-corrected chi connectivity index (χ2v) is 12.4. The number of pyridine rings is 1. The number of benzene rings is 2. The van der Waals surface area contributed by atoms with E-state index in [1.807, 2.05) is 24.3 Å². The number of hydrogen-bond donors (Lipinski definition) is 0. The van der Waals surface area contributed by atoms with Crippen molar-refractivity contribution in [1.82, 2.24) is 24.2 Å². The summed E-state index contributed by atoms with van der Waals surface area (Å²) in [6.45, 7) is 6.25. The SMILES string of the molecule is C=CCN1C(C)C(=O)N2[C@@H](c3ccccc3)C(=O)N(Cc3cccc4c3N=NC4)C[C@@H]2N1S(=O)(=O)Cc1ccncc1. The van der Waals surface area contributed by atoms with Gasteiger partial charge in [0.05, 0.1) is 24.5 Å². The van der Waals surface area contributed by atoms with Gasteiger partial charge in [-0.05, 0) is 35.7 Å². The van der Waals surface area contributed by atoms with Gasteiger partial charge in [0.25, 0.3) is 5.91 Å². The minimum Gasteiger partial charge on any atom is -0.333 e. The van der Waals surface area contributed by atoms with Crippen LogP contribution in [0.15, 0.2) is 95.9 Å². The Kier molecular flexibility index (Phi) is 7.43. The molecule has 0 spiro atoms. The molecule has 3 aromatic rings. The molecular weight excluding hydrogens is 554 g/mol. The van der Waals surface area contributed by atoms with Crippen LogP contribution in [-0.4, -0.2) is 69.7 Å². The lowest BCUT2D eigenvalue weighted by Crippen LogP contribution is -2.75. The highest BCUT2D eigenvalue weighted by Gasteiger charge is 2.55. The summed E-state index contributed by atoms with van der Waals surface area (Å²) >= 11 is 0. The average Bonchev–Trinajstić information content (AvgIpc) is 3.47. The van der Waals surface area contributed by atoms with Crippen molar-refractivity contribution in [2.75, 3.05) is 13.1 Å². The maximum absolute atomic E-state index is 14.3. The average molecular weight is 586 g/mol. The highest BCUT2D eigenvalue weighted by Crippen LogP contribution is 2.40. The summed E-state index contributed by atoms with van der Waals surface area (Å²) in [5.74, 6) is -0.909. The maximum atomic E-state index is 14.3. The highest BCUT2D eigenvalue weighted by atomic mass is 32.2. The number of carbonyl (C=O) groups excluding carboxylic acids is 2. The lowest BCUT2D eigenvalue weighted by molar-refractivity contribution is -0.192. The molecule has 3 aliphatic heterocycles. The number of carbonyl (C=O) groups is 2.